The molecule has 1 aromatic rings. The predicted octanol–water partition coefficient (Wildman–Crippen LogP) is -1.12. The van der Waals surface area contributed by atoms with E-state index in [4.69, 9.17) is 5.84 Å². The minimum absolute atomic E-state index is 0.236. The van der Waals surface area contributed by atoms with Crippen LogP contribution >= 0.6 is 0 Å². The van der Waals surface area contributed by atoms with Gasteiger partial charge >= 0.3 is 0 Å². The molecule has 0 aliphatic rings. The van der Waals surface area contributed by atoms with Crippen LogP contribution in [0.2, 0.25) is 0 Å². The van der Waals surface area contributed by atoms with Crippen molar-refractivity contribution >= 4 is 5.69 Å². The molecular formula is C5H6N2O2. The molecule has 0 amide bonds. The standard InChI is InChI=1S/C5H6N2O2/c1-2-3(7-6)5(9)4(2)8/h7H,6H2,1H3. The SMILES string of the molecule is Cc1c(NN)c(=O)c1=O. The second kappa shape index (κ2) is 1.66. The monoisotopic (exact) mass is 126 g/mol. The van der Waals surface area contributed by atoms with Gasteiger partial charge in [0.25, 0.3) is 5.43 Å². The van der Waals surface area contributed by atoms with Gasteiger partial charge in [-0.25, -0.2) is 0 Å². The van der Waals surface area contributed by atoms with E-state index in [1.165, 1.54) is 0 Å². The summed E-state index contributed by atoms with van der Waals surface area (Å²) in [4.78, 5) is 20.9. The third kappa shape index (κ3) is 0.565. The Labute approximate surface area is 51.0 Å². The number of hydrogen-bond acceptors (Lipinski definition) is 4. The van der Waals surface area contributed by atoms with Crippen LogP contribution in [0.5, 0.6) is 0 Å². The molecule has 1 rings (SSSR count). The van der Waals surface area contributed by atoms with Gasteiger partial charge in [0.05, 0.1) is 0 Å². The summed E-state index contributed by atoms with van der Waals surface area (Å²) in [5.74, 6) is 4.90. The number of anilines is 1. The molecule has 0 aliphatic heterocycles. The number of hydrogen-bond donors (Lipinski definition) is 2. The van der Waals surface area contributed by atoms with Gasteiger partial charge in [-0.05, 0) is 6.92 Å². The van der Waals surface area contributed by atoms with E-state index in [1.807, 2.05) is 0 Å². The molecule has 0 aliphatic carbocycles. The lowest BCUT2D eigenvalue weighted by atomic mass is 10.1. The van der Waals surface area contributed by atoms with Gasteiger partial charge in [-0.15, -0.1) is 0 Å². The van der Waals surface area contributed by atoms with Crippen molar-refractivity contribution in [2.75, 3.05) is 5.43 Å². The Morgan fingerprint density at radius 3 is 2.11 bits per heavy atom. The van der Waals surface area contributed by atoms with Gasteiger partial charge in [-0.3, -0.25) is 15.4 Å². The zero-order valence-electron chi connectivity index (χ0n) is 4.89. The van der Waals surface area contributed by atoms with Crippen molar-refractivity contribution in [1.29, 1.82) is 0 Å². The highest BCUT2D eigenvalue weighted by Crippen LogP contribution is 2.00. The lowest BCUT2D eigenvalue weighted by Crippen LogP contribution is -2.38. The van der Waals surface area contributed by atoms with Crippen molar-refractivity contribution in [1.82, 2.24) is 0 Å². The fourth-order valence-corrected chi connectivity index (χ4v) is 0.679. The van der Waals surface area contributed by atoms with E-state index in [0.717, 1.165) is 0 Å². The Morgan fingerprint density at radius 1 is 1.33 bits per heavy atom. The van der Waals surface area contributed by atoms with Crippen LogP contribution < -0.4 is 22.1 Å². The third-order valence-corrected chi connectivity index (χ3v) is 1.29. The maximum atomic E-state index is 10.5. The van der Waals surface area contributed by atoms with E-state index in [1.54, 1.807) is 6.92 Å². The van der Waals surface area contributed by atoms with Crippen molar-refractivity contribution < 1.29 is 0 Å². The quantitative estimate of drug-likeness (QED) is 0.284. The van der Waals surface area contributed by atoms with E-state index in [9.17, 15) is 9.59 Å². The van der Waals surface area contributed by atoms with Gasteiger partial charge in [-0.1, -0.05) is 0 Å². The molecule has 0 aromatic heterocycles. The van der Waals surface area contributed by atoms with E-state index in [-0.39, 0.29) is 5.69 Å². The molecule has 9 heavy (non-hydrogen) atoms. The predicted molar refractivity (Wildman–Crippen MR) is 33.9 cm³/mol. The maximum Gasteiger partial charge on any atom is 0.250 e. The molecule has 0 saturated carbocycles. The first-order chi connectivity index (χ1) is 4.18. The van der Waals surface area contributed by atoms with Gasteiger partial charge < -0.3 is 5.43 Å². The van der Waals surface area contributed by atoms with Crippen molar-refractivity contribution in [2.24, 2.45) is 5.84 Å². The second-order valence-corrected chi connectivity index (χ2v) is 1.80. The summed E-state index contributed by atoms with van der Waals surface area (Å²) in [7, 11) is 0. The van der Waals surface area contributed by atoms with Crippen molar-refractivity contribution in [3.8, 4) is 0 Å². The van der Waals surface area contributed by atoms with Gasteiger partial charge in [0.2, 0.25) is 5.43 Å². The number of nitrogen functional groups attached to an aromatic ring is 1. The molecule has 0 spiro atoms. The lowest BCUT2D eigenvalue weighted by molar-refractivity contribution is 1.21. The van der Waals surface area contributed by atoms with E-state index >= 15 is 0 Å². The fraction of sp³-hybridized carbons (Fsp3) is 0.200. The molecule has 4 nitrogen and oxygen atoms in total. The van der Waals surface area contributed by atoms with E-state index in [0.29, 0.717) is 5.56 Å². The van der Waals surface area contributed by atoms with Crippen LogP contribution in [-0.2, 0) is 0 Å². The Bertz CT molecular complexity index is 296. The number of nitrogens with one attached hydrogen (secondary N) is 1. The Hall–Kier alpha value is -1.16. The van der Waals surface area contributed by atoms with Crippen LogP contribution in [0, 0.1) is 6.92 Å². The van der Waals surface area contributed by atoms with Crippen molar-refractivity contribution in [3.05, 3.63) is 26.0 Å². The highest BCUT2D eigenvalue weighted by Gasteiger charge is 2.14. The molecule has 0 heterocycles. The summed E-state index contributed by atoms with van der Waals surface area (Å²) in [5.41, 5.74) is 1.84. The number of hydrazine groups is 1. The van der Waals surface area contributed by atoms with Gasteiger partial charge in [0.1, 0.15) is 5.69 Å². The van der Waals surface area contributed by atoms with Gasteiger partial charge in [-0.2, -0.15) is 0 Å². The lowest BCUT2D eigenvalue weighted by Gasteiger charge is -2.02. The van der Waals surface area contributed by atoms with Crippen LogP contribution in [0.4, 0.5) is 5.69 Å². The molecule has 0 radical (unpaired) electrons. The maximum absolute atomic E-state index is 10.5. The van der Waals surface area contributed by atoms with Crippen molar-refractivity contribution in [3.63, 3.8) is 0 Å². The van der Waals surface area contributed by atoms with E-state index in [2.05, 4.69) is 5.43 Å². The fourth-order valence-electron chi connectivity index (χ4n) is 0.679. The van der Waals surface area contributed by atoms with Crippen LogP contribution in [0.1, 0.15) is 5.56 Å². The first-order valence-electron chi connectivity index (χ1n) is 2.45. The third-order valence-electron chi connectivity index (χ3n) is 1.29. The molecule has 48 valence electrons. The van der Waals surface area contributed by atoms with Crippen LogP contribution in [0.15, 0.2) is 9.59 Å². The summed E-state index contributed by atoms with van der Waals surface area (Å²) in [6, 6.07) is 0. The van der Waals surface area contributed by atoms with Gasteiger partial charge in [0.15, 0.2) is 0 Å². The van der Waals surface area contributed by atoms with Crippen LogP contribution in [-0.4, -0.2) is 0 Å². The van der Waals surface area contributed by atoms with Crippen molar-refractivity contribution in [2.45, 2.75) is 6.92 Å². The number of rotatable bonds is 1. The molecule has 1 aromatic carbocycles. The molecule has 0 saturated heterocycles. The highest BCUT2D eigenvalue weighted by atomic mass is 16.2. The molecule has 4 heteroatoms. The average molecular weight is 126 g/mol. The molecular weight excluding hydrogens is 120 g/mol. The summed E-state index contributed by atoms with van der Waals surface area (Å²) < 4.78 is 0. The smallest absolute Gasteiger partial charge is 0.250 e. The van der Waals surface area contributed by atoms with Crippen LogP contribution in [0.3, 0.4) is 0 Å². The first kappa shape index (κ1) is 5.97. The Morgan fingerprint density at radius 2 is 1.89 bits per heavy atom. The normalized spacial score (nSPS) is 10.0. The summed E-state index contributed by atoms with van der Waals surface area (Å²) in [6.45, 7) is 1.55. The second-order valence-electron chi connectivity index (χ2n) is 1.80. The minimum Gasteiger partial charge on any atom is -0.320 e. The zero-order valence-corrected chi connectivity index (χ0v) is 4.89. The summed E-state index contributed by atoms with van der Waals surface area (Å²) in [6.07, 6.45) is 0. The zero-order chi connectivity index (χ0) is 7.02. The molecule has 0 atom stereocenters. The topological polar surface area (TPSA) is 72.2 Å². The average Bonchev–Trinajstić information content (AvgIpc) is 1.89. The Kier molecular flexibility index (Phi) is 1.10. The Balaban J connectivity index is 3.25. The molecule has 3 N–H and O–H groups in total. The molecule has 0 bridgehead atoms. The highest BCUT2D eigenvalue weighted by molar-refractivity contribution is 5.54. The molecule has 0 unspecified atom stereocenters. The number of nitrogens with two attached hydrogens (primary N) is 1. The largest absolute Gasteiger partial charge is 0.320 e. The minimum atomic E-state index is -0.519. The summed E-state index contributed by atoms with van der Waals surface area (Å²) >= 11 is 0. The molecule has 0 fully saturated rings. The first-order valence-corrected chi connectivity index (χ1v) is 2.45. The van der Waals surface area contributed by atoms with Gasteiger partial charge in [0, 0.05) is 5.56 Å². The van der Waals surface area contributed by atoms with E-state index < -0.39 is 10.9 Å². The van der Waals surface area contributed by atoms with Crippen LogP contribution in [0.25, 0.3) is 0 Å². The summed E-state index contributed by atoms with van der Waals surface area (Å²) in [5, 5.41) is 0.